The maximum atomic E-state index is 12.0. The van der Waals surface area contributed by atoms with E-state index in [-0.39, 0.29) is 6.08 Å². The van der Waals surface area contributed by atoms with Gasteiger partial charge in [0.1, 0.15) is 17.0 Å². The maximum absolute atomic E-state index is 12.0. The molecule has 2 heterocycles. The number of hydrogen-bond acceptors (Lipinski definition) is 10. The number of fused-ring (bicyclic) bond motifs is 1. The van der Waals surface area contributed by atoms with E-state index in [0.717, 1.165) is 11.1 Å². The number of rotatable bonds is 10. The monoisotopic (exact) mass is 656 g/mol. The van der Waals surface area contributed by atoms with Crippen molar-refractivity contribution >= 4 is 40.4 Å². The van der Waals surface area contributed by atoms with Gasteiger partial charge in [0, 0.05) is 22.2 Å². The molecule has 5 aromatic rings. The lowest BCUT2D eigenvalue weighted by Gasteiger charge is -2.27. The molecule has 0 aliphatic carbocycles. The third kappa shape index (κ3) is 8.09. The number of carbonyl (C=O) groups is 2. The molecule has 1 unspecified atom stereocenters. The largest absolute Gasteiger partial charge is 0.479 e. The first-order valence-electron chi connectivity index (χ1n) is 15.0. The second-order valence-electron chi connectivity index (χ2n) is 10.3. The Morgan fingerprint density at radius 3 is 2.09 bits per heavy atom. The molecule has 1 aromatic heterocycles. The standard InChI is InChI=1S/C18H16ClNO5.C18H17NO3/c1-3-22-17(21)11(2)23-13-5-7-14(8-6-13)24-18-20-15-9-4-12(19)10-16(15)25-18;1-2-21-17(20)16-13-18(22-19-16,14-9-5-3-6-10-14)15-11-7-4-8-12-15/h4-11H,3H2,1-2H3;3-12H,2,13H2,1H3. The highest BCUT2D eigenvalue weighted by molar-refractivity contribution is 6.37. The lowest BCUT2D eigenvalue weighted by Crippen LogP contribution is -2.29. The fourth-order valence-corrected chi connectivity index (χ4v) is 4.93. The summed E-state index contributed by atoms with van der Waals surface area (Å²) in [5.41, 5.74) is 2.67. The van der Waals surface area contributed by atoms with Crippen molar-refractivity contribution in [3.05, 3.63) is 119 Å². The predicted molar refractivity (Wildman–Crippen MR) is 176 cm³/mol. The van der Waals surface area contributed by atoms with Crippen LogP contribution < -0.4 is 9.47 Å². The van der Waals surface area contributed by atoms with Crippen LogP contribution in [0.25, 0.3) is 11.1 Å². The Bertz CT molecular complexity index is 1790. The molecule has 242 valence electrons. The number of aromatic nitrogens is 1. The molecular formula is C36H33ClN2O8. The highest BCUT2D eigenvalue weighted by Crippen LogP contribution is 2.41. The van der Waals surface area contributed by atoms with E-state index < -0.39 is 23.6 Å². The van der Waals surface area contributed by atoms with Crippen molar-refractivity contribution in [1.29, 1.82) is 0 Å². The lowest BCUT2D eigenvalue weighted by atomic mass is 9.82. The fraction of sp³-hybridized carbons (Fsp3) is 0.222. The Hall–Kier alpha value is -5.35. The van der Waals surface area contributed by atoms with Gasteiger partial charge in [0.15, 0.2) is 23.0 Å². The van der Waals surface area contributed by atoms with Crippen molar-refractivity contribution in [1.82, 2.24) is 4.98 Å². The second kappa shape index (κ2) is 15.3. The van der Waals surface area contributed by atoms with Crippen molar-refractivity contribution < 1.29 is 37.8 Å². The number of esters is 2. The summed E-state index contributed by atoms with van der Waals surface area (Å²) in [5.74, 6) is 0.218. The SMILES string of the molecule is CCOC(=O)C(C)Oc1ccc(Oc2nc3ccc(Cl)cc3o2)cc1.CCOC(=O)C1=NOC(c2ccccc2)(c2ccccc2)C1. The van der Waals surface area contributed by atoms with Gasteiger partial charge in [-0.05, 0) is 57.2 Å². The third-order valence-electron chi connectivity index (χ3n) is 7.01. The minimum Gasteiger partial charge on any atom is -0.479 e. The van der Waals surface area contributed by atoms with Gasteiger partial charge in [-0.3, -0.25) is 0 Å². The number of oxime groups is 1. The number of halogens is 1. The zero-order chi connectivity index (χ0) is 33.2. The van der Waals surface area contributed by atoms with Gasteiger partial charge in [0.2, 0.25) is 0 Å². The smallest absolute Gasteiger partial charge is 0.400 e. The average molecular weight is 657 g/mol. The van der Waals surface area contributed by atoms with E-state index in [9.17, 15) is 9.59 Å². The highest BCUT2D eigenvalue weighted by Gasteiger charge is 2.45. The van der Waals surface area contributed by atoms with Crippen LogP contribution in [0.1, 0.15) is 38.3 Å². The van der Waals surface area contributed by atoms with E-state index in [1.165, 1.54) is 0 Å². The minimum absolute atomic E-state index is 0.117. The van der Waals surface area contributed by atoms with Gasteiger partial charge in [-0.15, -0.1) is 0 Å². The van der Waals surface area contributed by atoms with E-state index in [1.54, 1.807) is 63.2 Å². The topological polar surface area (TPSA) is 119 Å². The molecule has 0 saturated carbocycles. The summed E-state index contributed by atoms with van der Waals surface area (Å²) in [4.78, 5) is 33.5. The van der Waals surface area contributed by atoms with Crippen LogP contribution in [-0.2, 0) is 29.5 Å². The van der Waals surface area contributed by atoms with E-state index >= 15 is 0 Å². The average Bonchev–Trinajstić information content (AvgIpc) is 3.72. The van der Waals surface area contributed by atoms with E-state index in [0.29, 0.717) is 53.0 Å². The molecule has 0 bridgehead atoms. The molecular weight excluding hydrogens is 624 g/mol. The fourth-order valence-electron chi connectivity index (χ4n) is 4.77. The van der Waals surface area contributed by atoms with Crippen LogP contribution in [0, 0.1) is 0 Å². The molecule has 0 fully saturated rings. The van der Waals surface area contributed by atoms with Gasteiger partial charge < -0.3 is 28.2 Å². The van der Waals surface area contributed by atoms with Crippen LogP contribution in [0.2, 0.25) is 5.02 Å². The van der Waals surface area contributed by atoms with Crippen LogP contribution in [0.15, 0.2) is 113 Å². The van der Waals surface area contributed by atoms with Crippen LogP contribution in [0.5, 0.6) is 17.6 Å². The number of oxazole rings is 1. The quantitative estimate of drug-likeness (QED) is 0.138. The molecule has 1 aliphatic rings. The van der Waals surface area contributed by atoms with Crippen molar-refractivity contribution in [2.24, 2.45) is 5.16 Å². The number of benzene rings is 4. The summed E-state index contributed by atoms with van der Waals surface area (Å²) in [6.45, 7) is 5.79. The lowest BCUT2D eigenvalue weighted by molar-refractivity contribution is -0.150. The Morgan fingerprint density at radius 1 is 0.851 bits per heavy atom. The third-order valence-corrected chi connectivity index (χ3v) is 7.25. The van der Waals surface area contributed by atoms with Crippen LogP contribution in [0.4, 0.5) is 0 Å². The molecule has 11 heteroatoms. The molecule has 1 aliphatic heterocycles. The number of ether oxygens (including phenoxy) is 4. The molecule has 10 nitrogen and oxygen atoms in total. The first-order chi connectivity index (χ1) is 22.8. The van der Waals surface area contributed by atoms with Gasteiger partial charge >= 0.3 is 18.0 Å². The van der Waals surface area contributed by atoms with Gasteiger partial charge in [-0.25, -0.2) is 9.59 Å². The Labute approximate surface area is 276 Å². The number of carbonyl (C=O) groups excluding carboxylic acids is 2. The van der Waals surface area contributed by atoms with Crippen molar-refractivity contribution in [2.75, 3.05) is 13.2 Å². The number of hydrogen-bond donors (Lipinski definition) is 0. The summed E-state index contributed by atoms with van der Waals surface area (Å²) in [6, 6.07) is 31.5. The van der Waals surface area contributed by atoms with E-state index in [1.807, 2.05) is 60.7 Å². The van der Waals surface area contributed by atoms with Crippen molar-refractivity contribution in [2.45, 2.75) is 38.9 Å². The Kier molecular flexibility index (Phi) is 10.7. The van der Waals surface area contributed by atoms with Crippen LogP contribution >= 0.6 is 11.6 Å². The normalized spacial score (nSPS) is 13.7. The highest BCUT2D eigenvalue weighted by atomic mass is 35.5. The zero-order valence-electron chi connectivity index (χ0n) is 26.1. The van der Waals surface area contributed by atoms with Crippen LogP contribution in [-0.4, -0.2) is 42.0 Å². The Morgan fingerprint density at radius 2 is 1.47 bits per heavy atom. The summed E-state index contributed by atoms with van der Waals surface area (Å²) in [5, 5.41) is 4.57. The van der Waals surface area contributed by atoms with Crippen LogP contribution in [0.3, 0.4) is 0 Å². The summed E-state index contributed by atoms with van der Waals surface area (Å²) in [6.07, 6.45) is -0.209. The first kappa shape index (κ1) is 33.0. The molecule has 0 spiro atoms. The van der Waals surface area contributed by atoms with Gasteiger partial charge in [0.25, 0.3) is 0 Å². The molecule has 0 radical (unpaired) electrons. The molecule has 4 aromatic carbocycles. The number of nitrogens with zero attached hydrogens (tertiary/aromatic N) is 2. The second-order valence-corrected chi connectivity index (χ2v) is 10.7. The van der Waals surface area contributed by atoms with Gasteiger partial charge in [0.05, 0.1) is 19.6 Å². The van der Waals surface area contributed by atoms with E-state index in [4.69, 9.17) is 39.8 Å². The first-order valence-corrected chi connectivity index (χ1v) is 15.4. The van der Waals surface area contributed by atoms with Crippen molar-refractivity contribution in [3.63, 3.8) is 0 Å². The minimum atomic E-state index is -0.773. The van der Waals surface area contributed by atoms with Gasteiger partial charge in [-0.2, -0.15) is 4.98 Å². The van der Waals surface area contributed by atoms with E-state index in [2.05, 4.69) is 10.1 Å². The zero-order valence-corrected chi connectivity index (χ0v) is 26.8. The Balaban J connectivity index is 0.000000186. The van der Waals surface area contributed by atoms with Crippen molar-refractivity contribution in [3.8, 4) is 17.6 Å². The maximum Gasteiger partial charge on any atom is 0.400 e. The molecule has 0 saturated heterocycles. The molecule has 1 atom stereocenters. The molecule has 6 rings (SSSR count). The predicted octanol–water partition coefficient (Wildman–Crippen LogP) is 7.87. The molecule has 0 amide bonds. The summed E-state index contributed by atoms with van der Waals surface area (Å²) >= 11 is 5.91. The summed E-state index contributed by atoms with van der Waals surface area (Å²) < 4.78 is 26.5. The molecule has 0 N–H and O–H groups in total. The van der Waals surface area contributed by atoms with Gasteiger partial charge in [-0.1, -0.05) is 77.4 Å². The summed E-state index contributed by atoms with van der Waals surface area (Å²) in [7, 11) is 0. The molecule has 47 heavy (non-hydrogen) atoms.